The van der Waals surface area contributed by atoms with Crippen molar-refractivity contribution in [1.29, 1.82) is 5.26 Å². The first-order valence-electron chi connectivity index (χ1n) is 5.20. The van der Waals surface area contributed by atoms with Crippen LogP contribution in [-0.4, -0.2) is 18.0 Å². The maximum absolute atomic E-state index is 12.7. The molecular weight excluding hydrogens is 191 g/mol. The van der Waals surface area contributed by atoms with Crippen molar-refractivity contribution in [3.63, 3.8) is 0 Å². The first-order chi connectivity index (χ1) is 7.31. The summed E-state index contributed by atoms with van der Waals surface area (Å²) in [6.45, 7) is 1.94. The highest BCUT2D eigenvalue weighted by Gasteiger charge is 2.22. The second kappa shape index (κ2) is 4.41. The molecule has 0 amide bonds. The van der Waals surface area contributed by atoms with Crippen LogP contribution in [0.5, 0.6) is 0 Å². The van der Waals surface area contributed by atoms with Gasteiger partial charge in [-0.25, -0.2) is 4.39 Å². The van der Waals surface area contributed by atoms with Gasteiger partial charge in [-0.1, -0.05) is 12.1 Å². The fraction of sp³-hybridized carbons (Fsp3) is 0.417. The Labute approximate surface area is 88.9 Å². The Morgan fingerprint density at radius 2 is 1.80 bits per heavy atom. The van der Waals surface area contributed by atoms with Crippen molar-refractivity contribution in [2.75, 3.05) is 13.1 Å². The first-order valence-corrected chi connectivity index (χ1v) is 5.20. The molecule has 2 rings (SSSR count). The number of hydrogen-bond donors (Lipinski definition) is 0. The van der Waals surface area contributed by atoms with Crippen LogP contribution in [0.4, 0.5) is 4.39 Å². The molecule has 0 radical (unpaired) electrons. The molecule has 0 aromatic heterocycles. The summed E-state index contributed by atoms with van der Waals surface area (Å²) in [5.74, 6) is -0.253. The normalized spacial score (nSPS) is 18.7. The van der Waals surface area contributed by atoms with E-state index in [1.807, 2.05) is 0 Å². The molecule has 0 bridgehead atoms. The van der Waals surface area contributed by atoms with E-state index in [0.29, 0.717) is 0 Å². The number of hydrogen-bond acceptors (Lipinski definition) is 2. The molecular formula is C12H13FN2. The van der Waals surface area contributed by atoms with Crippen molar-refractivity contribution in [3.05, 3.63) is 35.6 Å². The van der Waals surface area contributed by atoms with Crippen molar-refractivity contribution in [1.82, 2.24) is 4.90 Å². The maximum atomic E-state index is 12.7. The molecule has 1 unspecified atom stereocenters. The first kappa shape index (κ1) is 10.1. The molecule has 1 saturated heterocycles. The molecule has 1 aromatic carbocycles. The number of rotatable bonds is 2. The van der Waals surface area contributed by atoms with Crippen LogP contribution >= 0.6 is 0 Å². The lowest BCUT2D eigenvalue weighted by molar-refractivity contribution is 0.294. The summed E-state index contributed by atoms with van der Waals surface area (Å²) in [7, 11) is 0. The van der Waals surface area contributed by atoms with Crippen LogP contribution in [0.15, 0.2) is 24.3 Å². The van der Waals surface area contributed by atoms with E-state index in [9.17, 15) is 4.39 Å². The van der Waals surface area contributed by atoms with Crippen LogP contribution in [-0.2, 0) is 0 Å². The molecule has 1 heterocycles. The molecule has 15 heavy (non-hydrogen) atoms. The minimum atomic E-state index is -0.253. The SMILES string of the molecule is N#CC(c1ccc(F)cc1)N1CCCC1. The van der Waals surface area contributed by atoms with E-state index in [0.717, 1.165) is 31.5 Å². The van der Waals surface area contributed by atoms with Gasteiger partial charge in [-0.2, -0.15) is 5.26 Å². The summed E-state index contributed by atoms with van der Waals surface area (Å²) in [5.41, 5.74) is 0.890. The van der Waals surface area contributed by atoms with Crippen molar-refractivity contribution in [2.45, 2.75) is 18.9 Å². The lowest BCUT2D eigenvalue weighted by Crippen LogP contribution is -2.24. The number of nitriles is 1. The number of benzene rings is 1. The molecule has 0 saturated carbocycles. The molecule has 1 atom stereocenters. The molecule has 3 heteroatoms. The average molecular weight is 204 g/mol. The Kier molecular flexibility index (Phi) is 2.98. The van der Waals surface area contributed by atoms with Crippen molar-refractivity contribution in [2.24, 2.45) is 0 Å². The number of likely N-dealkylation sites (tertiary alicyclic amines) is 1. The van der Waals surface area contributed by atoms with E-state index in [1.54, 1.807) is 12.1 Å². The van der Waals surface area contributed by atoms with E-state index < -0.39 is 0 Å². The predicted octanol–water partition coefficient (Wildman–Crippen LogP) is 2.49. The largest absolute Gasteiger partial charge is 0.284 e. The summed E-state index contributed by atoms with van der Waals surface area (Å²) in [6.07, 6.45) is 2.30. The topological polar surface area (TPSA) is 27.0 Å². The minimum Gasteiger partial charge on any atom is -0.284 e. The number of halogens is 1. The monoisotopic (exact) mass is 204 g/mol. The van der Waals surface area contributed by atoms with E-state index >= 15 is 0 Å². The van der Waals surface area contributed by atoms with E-state index in [2.05, 4.69) is 11.0 Å². The molecule has 1 aliphatic rings. The van der Waals surface area contributed by atoms with Crippen molar-refractivity contribution in [3.8, 4) is 6.07 Å². The lowest BCUT2D eigenvalue weighted by atomic mass is 10.1. The third kappa shape index (κ3) is 2.16. The predicted molar refractivity (Wildman–Crippen MR) is 55.6 cm³/mol. The summed E-state index contributed by atoms with van der Waals surface area (Å²) in [5, 5.41) is 9.12. The van der Waals surface area contributed by atoms with Gasteiger partial charge in [0.2, 0.25) is 0 Å². The lowest BCUT2D eigenvalue weighted by Gasteiger charge is -2.21. The molecule has 0 N–H and O–H groups in total. The third-order valence-corrected chi connectivity index (χ3v) is 2.81. The van der Waals surface area contributed by atoms with E-state index in [-0.39, 0.29) is 11.9 Å². The van der Waals surface area contributed by atoms with Gasteiger partial charge >= 0.3 is 0 Å². The van der Waals surface area contributed by atoms with Gasteiger partial charge in [-0.15, -0.1) is 0 Å². The highest BCUT2D eigenvalue weighted by Crippen LogP contribution is 2.24. The zero-order valence-corrected chi connectivity index (χ0v) is 8.49. The van der Waals surface area contributed by atoms with E-state index in [1.165, 1.54) is 12.1 Å². The standard InChI is InChI=1S/C12H13FN2/c13-11-5-3-10(4-6-11)12(9-14)15-7-1-2-8-15/h3-6,12H,1-2,7-8H2. The Bertz CT molecular complexity index is 360. The highest BCUT2D eigenvalue weighted by molar-refractivity contribution is 5.24. The summed E-state index contributed by atoms with van der Waals surface area (Å²) < 4.78 is 12.7. The van der Waals surface area contributed by atoms with Crippen molar-refractivity contribution >= 4 is 0 Å². The summed E-state index contributed by atoms with van der Waals surface area (Å²) in [6, 6.07) is 8.29. The zero-order chi connectivity index (χ0) is 10.7. The molecule has 1 aliphatic heterocycles. The van der Waals surface area contributed by atoms with Gasteiger partial charge in [0.1, 0.15) is 11.9 Å². The summed E-state index contributed by atoms with van der Waals surface area (Å²) >= 11 is 0. The van der Waals surface area contributed by atoms with Gasteiger partial charge in [0.05, 0.1) is 6.07 Å². The zero-order valence-electron chi connectivity index (χ0n) is 8.49. The Morgan fingerprint density at radius 1 is 1.20 bits per heavy atom. The van der Waals surface area contributed by atoms with Gasteiger partial charge < -0.3 is 0 Å². The maximum Gasteiger partial charge on any atom is 0.123 e. The quantitative estimate of drug-likeness (QED) is 0.740. The molecule has 0 aliphatic carbocycles. The van der Waals surface area contributed by atoms with Crippen LogP contribution in [0.3, 0.4) is 0 Å². The highest BCUT2D eigenvalue weighted by atomic mass is 19.1. The van der Waals surface area contributed by atoms with Crippen LogP contribution in [0, 0.1) is 17.1 Å². The Balaban J connectivity index is 2.19. The molecule has 1 fully saturated rings. The molecule has 0 spiro atoms. The second-order valence-corrected chi connectivity index (χ2v) is 3.83. The molecule has 2 nitrogen and oxygen atoms in total. The Morgan fingerprint density at radius 3 is 2.33 bits per heavy atom. The van der Waals surface area contributed by atoms with Crippen LogP contribution in [0.2, 0.25) is 0 Å². The Hall–Kier alpha value is -1.40. The van der Waals surface area contributed by atoms with Crippen LogP contribution in [0.1, 0.15) is 24.4 Å². The van der Waals surface area contributed by atoms with Crippen LogP contribution in [0.25, 0.3) is 0 Å². The fourth-order valence-corrected chi connectivity index (χ4v) is 2.01. The van der Waals surface area contributed by atoms with Gasteiger partial charge in [-0.3, -0.25) is 4.90 Å². The average Bonchev–Trinajstić information content (AvgIpc) is 2.75. The smallest absolute Gasteiger partial charge is 0.123 e. The van der Waals surface area contributed by atoms with Crippen LogP contribution < -0.4 is 0 Å². The minimum absolute atomic E-state index is 0.215. The van der Waals surface area contributed by atoms with Gasteiger partial charge in [-0.05, 0) is 43.6 Å². The fourth-order valence-electron chi connectivity index (χ4n) is 2.01. The van der Waals surface area contributed by atoms with E-state index in [4.69, 9.17) is 5.26 Å². The second-order valence-electron chi connectivity index (χ2n) is 3.83. The van der Waals surface area contributed by atoms with Crippen molar-refractivity contribution < 1.29 is 4.39 Å². The summed E-state index contributed by atoms with van der Waals surface area (Å²) in [4.78, 5) is 2.15. The third-order valence-electron chi connectivity index (χ3n) is 2.81. The van der Waals surface area contributed by atoms with Gasteiger partial charge in [0.15, 0.2) is 0 Å². The molecule has 78 valence electrons. The number of nitrogens with zero attached hydrogens (tertiary/aromatic N) is 2. The molecule has 1 aromatic rings. The van der Waals surface area contributed by atoms with Gasteiger partial charge in [0.25, 0.3) is 0 Å². The van der Waals surface area contributed by atoms with Gasteiger partial charge in [0, 0.05) is 0 Å².